The number of hydrogen-bond acceptors (Lipinski definition) is 0. The summed E-state index contributed by atoms with van der Waals surface area (Å²) in [7, 11) is 0. The maximum absolute atomic E-state index is 2.27. The molecule has 0 aliphatic rings. The third kappa shape index (κ3) is 12.0. The molecule has 0 aromatic carbocycles. The molecule has 0 unspecified atom stereocenters. The summed E-state index contributed by atoms with van der Waals surface area (Å²) in [5.74, 6) is 0. The molecule has 1 radical (unpaired) electrons. The molecule has 0 aromatic heterocycles. The summed E-state index contributed by atoms with van der Waals surface area (Å²) < 4.78 is 1.39. The van der Waals surface area contributed by atoms with Gasteiger partial charge in [0.2, 0.25) is 21.7 Å². The van der Waals surface area contributed by atoms with Crippen LogP contribution in [-0.2, 0) is 0 Å². The van der Waals surface area contributed by atoms with Gasteiger partial charge in [0.1, 0.15) is 0 Å². The highest BCUT2D eigenvalue weighted by Gasteiger charge is 1.85. The first kappa shape index (κ1) is 13.8. The molecule has 2 heteroatoms. The number of hydrogen-bond donors (Lipinski definition) is 0. The van der Waals surface area contributed by atoms with Gasteiger partial charge in [-0.3, -0.25) is 0 Å². The minimum atomic E-state index is 0. The molecule has 0 fully saturated rings. The van der Waals surface area contributed by atoms with Crippen molar-refractivity contribution >= 4 is 38.7 Å². The predicted molar refractivity (Wildman–Crippen MR) is 54.3 cm³/mol. The molecule has 0 saturated heterocycles. The van der Waals surface area contributed by atoms with Crippen LogP contribution in [0.1, 0.15) is 45.4 Å². The zero-order valence-electron chi connectivity index (χ0n) is 7.07. The number of halogens is 1. The molecular formula is C8H18BrMg. The first-order valence-corrected chi connectivity index (χ1v) is 5.21. The van der Waals surface area contributed by atoms with Gasteiger partial charge < -0.3 is 0 Å². The van der Waals surface area contributed by atoms with E-state index in [1.165, 1.54) is 43.1 Å². The zero-order valence-corrected chi connectivity index (χ0v) is 10.2. The summed E-state index contributed by atoms with van der Waals surface area (Å²) in [5.41, 5.74) is 0. The lowest BCUT2D eigenvalue weighted by atomic mass is 10.1. The summed E-state index contributed by atoms with van der Waals surface area (Å²) >= 11 is 2.09. The monoisotopic (exact) mass is 217 g/mol. The van der Waals surface area contributed by atoms with Gasteiger partial charge in [-0.1, -0.05) is 45.4 Å². The molecule has 0 bridgehead atoms. The van der Waals surface area contributed by atoms with E-state index in [0.717, 1.165) is 0 Å². The molecule has 0 rings (SSSR count). The summed E-state index contributed by atoms with van der Waals surface area (Å²) in [4.78, 5) is 0. The lowest BCUT2D eigenvalue weighted by Gasteiger charge is -1.96. The van der Waals surface area contributed by atoms with Crippen LogP contribution < -0.4 is 0 Å². The van der Waals surface area contributed by atoms with E-state index in [1.807, 2.05) is 0 Å². The molecular weight excluding hydrogens is 200 g/mol. The van der Waals surface area contributed by atoms with Crippen molar-refractivity contribution in [3.63, 3.8) is 0 Å². The fraction of sp³-hybridized carbons (Fsp3) is 1.00. The highest BCUT2D eigenvalue weighted by atomic mass is 79.9. The molecule has 0 aliphatic carbocycles. The van der Waals surface area contributed by atoms with Crippen molar-refractivity contribution in [1.82, 2.24) is 0 Å². The van der Waals surface area contributed by atoms with Crippen LogP contribution in [0.25, 0.3) is 0 Å². The Morgan fingerprint density at radius 3 is 1.90 bits per heavy atom. The normalized spacial score (nSPS) is 8.80. The van der Waals surface area contributed by atoms with Crippen molar-refractivity contribution in [2.45, 2.75) is 50.0 Å². The Kier molecular flexibility index (Phi) is 17.8. The SMILES string of the molecule is Br.CCCCCCC[CH2][Mg]. The van der Waals surface area contributed by atoms with E-state index in [9.17, 15) is 0 Å². The second-order valence-corrected chi connectivity index (χ2v) is 3.33. The van der Waals surface area contributed by atoms with E-state index in [-0.39, 0.29) is 17.0 Å². The summed E-state index contributed by atoms with van der Waals surface area (Å²) in [6, 6.07) is 0. The standard InChI is InChI=1S/C8H17.BrH.Mg/c1-3-5-7-8-6-4-2;;/h1,3-8H2,2H3;1H;. The molecule has 0 spiro atoms. The molecule has 0 N–H and O–H groups in total. The molecule has 0 heterocycles. The Morgan fingerprint density at radius 2 is 1.40 bits per heavy atom. The van der Waals surface area contributed by atoms with E-state index >= 15 is 0 Å². The van der Waals surface area contributed by atoms with Gasteiger partial charge in [0.05, 0.1) is 0 Å². The molecule has 0 nitrogen and oxygen atoms in total. The smallest absolute Gasteiger partial charge is 0.177 e. The van der Waals surface area contributed by atoms with E-state index in [0.29, 0.717) is 0 Å². The van der Waals surface area contributed by atoms with Crippen molar-refractivity contribution in [3.05, 3.63) is 0 Å². The molecule has 10 heavy (non-hydrogen) atoms. The van der Waals surface area contributed by atoms with Gasteiger partial charge in [-0.2, -0.15) is 4.55 Å². The zero-order chi connectivity index (χ0) is 6.95. The Labute approximate surface area is 88.4 Å². The van der Waals surface area contributed by atoms with Gasteiger partial charge in [-0.25, -0.2) is 0 Å². The van der Waals surface area contributed by atoms with Gasteiger partial charge in [0, 0.05) is 0 Å². The van der Waals surface area contributed by atoms with Crippen molar-refractivity contribution in [1.29, 1.82) is 0 Å². The van der Waals surface area contributed by atoms with Gasteiger partial charge in [-0.05, 0) is 0 Å². The summed E-state index contributed by atoms with van der Waals surface area (Å²) in [6.45, 7) is 2.27. The molecule has 0 aromatic rings. The van der Waals surface area contributed by atoms with Crippen LogP contribution in [-0.4, -0.2) is 21.7 Å². The van der Waals surface area contributed by atoms with Crippen LogP contribution in [0.5, 0.6) is 0 Å². The van der Waals surface area contributed by atoms with E-state index in [1.54, 1.807) is 0 Å². The van der Waals surface area contributed by atoms with Gasteiger partial charge in [0.25, 0.3) is 0 Å². The summed E-state index contributed by atoms with van der Waals surface area (Å²) in [6.07, 6.45) is 8.64. The predicted octanol–water partition coefficient (Wildman–Crippen LogP) is 3.51. The minimum absolute atomic E-state index is 0. The van der Waals surface area contributed by atoms with E-state index in [4.69, 9.17) is 0 Å². The Bertz CT molecular complexity index is 42.5. The first-order chi connectivity index (χ1) is 4.41. The third-order valence-electron chi connectivity index (χ3n) is 1.60. The summed E-state index contributed by atoms with van der Waals surface area (Å²) in [5, 5.41) is 0. The quantitative estimate of drug-likeness (QED) is 0.473. The molecule has 0 amide bonds. The lowest BCUT2D eigenvalue weighted by molar-refractivity contribution is 0.624. The topological polar surface area (TPSA) is 0 Å². The van der Waals surface area contributed by atoms with Gasteiger partial charge >= 0.3 is 0 Å². The van der Waals surface area contributed by atoms with E-state index in [2.05, 4.69) is 28.6 Å². The van der Waals surface area contributed by atoms with Crippen LogP contribution in [0.15, 0.2) is 0 Å². The lowest BCUT2D eigenvalue weighted by Crippen LogP contribution is -1.77. The fourth-order valence-corrected chi connectivity index (χ4v) is 1.31. The highest BCUT2D eigenvalue weighted by molar-refractivity contribution is 8.93. The Hall–Kier alpha value is 1.25. The molecule has 0 saturated carbocycles. The van der Waals surface area contributed by atoms with Gasteiger partial charge in [-0.15, -0.1) is 17.0 Å². The van der Waals surface area contributed by atoms with E-state index < -0.39 is 0 Å². The van der Waals surface area contributed by atoms with Crippen molar-refractivity contribution in [3.8, 4) is 0 Å². The maximum atomic E-state index is 2.27. The third-order valence-corrected chi connectivity index (χ3v) is 2.10. The minimum Gasteiger partial charge on any atom is -0.177 e. The molecule has 59 valence electrons. The van der Waals surface area contributed by atoms with Crippen LogP contribution in [0.4, 0.5) is 0 Å². The molecule has 0 aliphatic heterocycles. The average molecular weight is 218 g/mol. The van der Waals surface area contributed by atoms with Crippen LogP contribution >= 0.6 is 17.0 Å². The Balaban J connectivity index is 0. The fourth-order valence-electron chi connectivity index (χ4n) is 0.957. The number of rotatable bonds is 6. The van der Waals surface area contributed by atoms with Crippen LogP contribution in [0.3, 0.4) is 0 Å². The largest absolute Gasteiger partial charge is 0.222 e. The highest BCUT2D eigenvalue weighted by Crippen LogP contribution is 2.05. The molecule has 0 atom stereocenters. The average Bonchev–Trinajstić information content (AvgIpc) is 1.89. The maximum Gasteiger partial charge on any atom is 0.222 e. The second kappa shape index (κ2) is 12.9. The van der Waals surface area contributed by atoms with Crippen LogP contribution in [0, 0.1) is 0 Å². The second-order valence-electron chi connectivity index (χ2n) is 2.62. The van der Waals surface area contributed by atoms with Gasteiger partial charge in [0.15, 0.2) is 0 Å². The number of unbranched alkanes of at least 4 members (excludes halogenated alkanes) is 5. The first-order valence-electron chi connectivity index (χ1n) is 4.21. The van der Waals surface area contributed by atoms with Crippen LogP contribution in [0.2, 0.25) is 4.55 Å². The van der Waals surface area contributed by atoms with Crippen molar-refractivity contribution in [2.24, 2.45) is 0 Å². The van der Waals surface area contributed by atoms with Crippen molar-refractivity contribution < 1.29 is 0 Å². The Morgan fingerprint density at radius 1 is 0.900 bits per heavy atom. The van der Waals surface area contributed by atoms with Crippen molar-refractivity contribution in [2.75, 3.05) is 0 Å².